The number of aliphatic hydroxyl groups excluding tert-OH is 1. The first-order valence-electron chi connectivity index (χ1n) is 12.1. The van der Waals surface area contributed by atoms with Gasteiger partial charge in [-0.05, 0) is 28.8 Å². The molecule has 0 bridgehead atoms. The van der Waals surface area contributed by atoms with Crippen LogP contribution in [0.2, 0.25) is 0 Å². The monoisotopic (exact) mass is 552 g/mol. The van der Waals surface area contributed by atoms with Crippen LogP contribution in [0.4, 0.5) is 0 Å². The van der Waals surface area contributed by atoms with Gasteiger partial charge in [-0.25, -0.2) is 18.1 Å². The number of aromatic amines is 1. The Bertz CT molecular complexity index is 1400. The molecule has 3 atom stereocenters. The summed E-state index contributed by atoms with van der Waals surface area (Å²) in [6.07, 6.45) is 1.24. The number of sulfonamides is 1. The highest BCUT2D eigenvalue weighted by Crippen LogP contribution is 2.39. The standard InChI is InChI=1S/C27H28N4O5S2/c32-16-20-8-10-21(11-9-20)25-14-23(17-37-27-28-18-29-31-27)35-26(36-25)22-12-6-19(7-13-22)15-30-38(33,34)24-4-2-1-3-5-24/h1-13,18,23,25-26,30,32H,14-17H2,(H,28,29,31)/t23-,25+,26+/m1/s1. The van der Waals surface area contributed by atoms with E-state index in [1.807, 2.05) is 48.5 Å². The molecule has 0 radical (unpaired) electrons. The number of H-pyrrole nitrogens is 1. The topological polar surface area (TPSA) is 126 Å². The molecule has 1 saturated heterocycles. The molecule has 3 aromatic carbocycles. The van der Waals surface area contributed by atoms with Crippen molar-refractivity contribution in [1.82, 2.24) is 19.9 Å². The van der Waals surface area contributed by atoms with Crippen molar-refractivity contribution < 1.29 is 23.0 Å². The largest absolute Gasteiger partial charge is 0.392 e. The maximum absolute atomic E-state index is 12.5. The average Bonchev–Trinajstić information content (AvgIpc) is 3.50. The molecule has 9 nitrogen and oxygen atoms in total. The van der Waals surface area contributed by atoms with Crippen molar-refractivity contribution in [2.24, 2.45) is 0 Å². The Hall–Kier alpha value is -3.06. The predicted molar refractivity (Wildman–Crippen MR) is 142 cm³/mol. The van der Waals surface area contributed by atoms with Gasteiger partial charge in [0.25, 0.3) is 0 Å². The second kappa shape index (κ2) is 12.2. The Balaban J connectivity index is 1.28. The van der Waals surface area contributed by atoms with E-state index < -0.39 is 16.3 Å². The fraction of sp³-hybridized carbons (Fsp3) is 0.259. The lowest BCUT2D eigenvalue weighted by Gasteiger charge is -2.36. The summed E-state index contributed by atoms with van der Waals surface area (Å²) >= 11 is 1.54. The zero-order chi connectivity index (χ0) is 26.4. The van der Waals surface area contributed by atoms with Crippen LogP contribution in [0, 0.1) is 0 Å². The van der Waals surface area contributed by atoms with Gasteiger partial charge in [0.15, 0.2) is 11.4 Å². The van der Waals surface area contributed by atoms with E-state index in [1.54, 1.807) is 30.3 Å². The number of aliphatic hydroxyl groups is 1. The van der Waals surface area contributed by atoms with Gasteiger partial charge in [-0.15, -0.1) is 0 Å². The van der Waals surface area contributed by atoms with Gasteiger partial charge in [0.05, 0.1) is 23.7 Å². The van der Waals surface area contributed by atoms with E-state index in [1.165, 1.54) is 18.1 Å². The summed E-state index contributed by atoms with van der Waals surface area (Å²) in [5, 5.41) is 16.9. The summed E-state index contributed by atoms with van der Waals surface area (Å²) in [6, 6.07) is 23.6. The number of rotatable bonds is 10. The highest BCUT2D eigenvalue weighted by atomic mass is 32.2. The van der Waals surface area contributed by atoms with Crippen LogP contribution in [-0.2, 0) is 32.6 Å². The van der Waals surface area contributed by atoms with E-state index in [0.29, 0.717) is 12.2 Å². The molecule has 0 saturated carbocycles. The van der Waals surface area contributed by atoms with E-state index >= 15 is 0 Å². The Morgan fingerprint density at radius 2 is 1.66 bits per heavy atom. The molecule has 2 heterocycles. The number of hydrogen-bond acceptors (Lipinski definition) is 8. The molecule has 0 spiro atoms. The van der Waals surface area contributed by atoms with Crippen molar-refractivity contribution in [1.29, 1.82) is 0 Å². The Labute approximate surface area is 225 Å². The van der Waals surface area contributed by atoms with Crippen molar-refractivity contribution in [2.45, 2.75) is 48.1 Å². The molecular formula is C27H28N4O5S2. The second-order valence-electron chi connectivity index (χ2n) is 8.83. The van der Waals surface area contributed by atoms with Gasteiger partial charge >= 0.3 is 0 Å². The first kappa shape index (κ1) is 26.5. The summed E-state index contributed by atoms with van der Waals surface area (Å²) in [5.74, 6) is 0.666. The molecule has 198 valence electrons. The average molecular weight is 553 g/mol. The first-order chi connectivity index (χ1) is 18.5. The van der Waals surface area contributed by atoms with Crippen molar-refractivity contribution in [3.63, 3.8) is 0 Å². The van der Waals surface area contributed by atoms with E-state index in [9.17, 15) is 13.5 Å². The smallest absolute Gasteiger partial charge is 0.240 e. The molecule has 5 rings (SSSR count). The predicted octanol–water partition coefficient (Wildman–Crippen LogP) is 4.11. The highest BCUT2D eigenvalue weighted by molar-refractivity contribution is 7.99. The van der Waals surface area contributed by atoms with Crippen LogP contribution in [0.1, 0.15) is 41.1 Å². The van der Waals surface area contributed by atoms with Crippen LogP contribution >= 0.6 is 11.8 Å². The molecular weight excluding hydrogens is 524 g/mol. The fourth-order valence-corrected chi connectivity index (χ4v) is 5.95. The SMILES string of the molecule is O=S(=O)(NCc1ccc([C@H]2O[C@@H](CSc3ncn[nH]3)C[C@@H](c3ccc(CO)cc3)O2)cc1)c1ccccc1. The van der Waals surface area contributed by atoms with Gasteiger partial charge in [-0.2, -0.15) is 5.10 Å². The van der Waals surface area contributed by atoms with E-state index in [2.05, 4.69) is 19.9 Å². The summed E-state index contributed by atoms with van der Waals surface area (Å²) in [6.45, 7) is 0.155. The zero-order valence-electron chi connectivity index (χ0n) is 20.4. The van der Waals surface area contributed by atoms with Gasteiger partial charge in [-0.1, -0.05) is 78.5 Å². The van der Waals surface area contributed by atoms with E-state index in [0.717, 1.165) is 27.4 Å². The molecule has 1 fully saturated rings. The second-order valence-corrected chi connectivity index (χ2v) is 11.6. The molecule has 0 unspecified atom stereocenters. The lowest BCUT2D eigenvalue weighted by atomic mass is 10.0. The number of thioether (sulfide) groups is 1. The molecule has 1 aliphatic heterocycles. The highest BCUT2D eigenvalue weighted by Gasteiger charge is 2.32. The minimum Gasteiger partial charge on any atom is -0.392 e. The molecule has 0 amide bonds. The summed E-state index contributed by atoms with van der Waals surface area (Å²) in [4.78, 5) is 4.40. The third-order valence-electron chi connectivity index (χ3n) is 6.19. The third-order valence-corrected chi connectivity index (χ3v) is 8.61. The molecule has 1 aliphatic rings. The third kappa shape index (κ3) is 6.68. The maximum atomic E-state index is 12.5. The molecule has 1 aromatic heterocycles. The van der Waals surface area contributed by atoms with Crippen LogP contribution in [-0.4, -0.2) is 40.6 Å². The van der Waals surface area contributed by atoms with Crippen LogP contribution in [0.3, 0.4) is 0 Å². The Morgan fingerprint density at radius 1 is 0.947 bits per heavy atom. The van der Waals surface area contributed by atoms with Gasteiger partial charge in [0, 0.05) is 24.3 Å². The van der Waals surface area contributed by atoms with Crippen LogP contribution in [0.25, 0.3) is 0 Å². The van der Waals surface area contributed by atoms with Crippen LogP contribution in [0.5, 0.6) is 0 Å². The molecule has 0 aliphatic carbocycles. The number of ether oxygens (including phenoxy) is 2. The summed E-state index contributed by atoms with van der Waals surface area (Å²) in [5.41, 5.74) is 3.51. The first-order valence-corrected chi connectivity index (χ1v) is 14.6. The number of benzene rings is 3. The number of nitrogens with zero attached hydrogens (tertiary/aromatic N) is 2. The molecule has 38 heavy (non-hydrogen) atoms. The van der Waals surface area contributed by atoms with Crippen molar-refractivity contribution in [2.75, 3.05) is 5.75 Å². The van der Waals surface area contributed by atoms with Crippen LogP contribution in [0.15, 0.2) is 95.2 Å². The molecule has 4 aromatic rings. The van der Waals surface area contributed by atoms with Crippen molar-refractivity contribution in [3.05, 3.63) is 107 Å². The van der Waals surface area contributed by atoms with E-state index in [-0.39, 0.29) is 30.3 Å². The maximum Gasteiger partial charge on any atom is 0.240 e. The zero-order valence-corrected chi connectivity index (χ0v) is 22.1. The van der Waals surface area contributed by atoms with E-state index in [4.69, 9.17) is 9.47 Å². The lowest BCUT2D eigenvalue weighted by molar-refractivity contribution is -0.245. The number of nitrogens with one attached hydrogen (secondary N) is 2. The quantitative estimate of drug-likeness (QED) is 0.251. The van der Waals surface area contributed by atoms with Gasteiger partial charge in [0.2, 0.25) is 10.0 Å². The summed E-state index contributed by atoms with van der Waals surface area (Å²) < 4.78 is 40.4. The number of aromatic nitrogens is 3. The Morgan fingerprint density at radius 3 is 2.34 bits per heavy atom. The van der Waals surface area contributed by atoms with Gasteiger partial charge in [0.1, 0.15) is 6.33 Å². The minimum absolute atomic E-state index is 0.0121. The number of hydrogen-bond donors (Lipinski definition) is 3. The van der Waals surface area contributed by atoms with Gasteiger partial charge in [-0.3, -0.25) is 5.10 Å². The molecule has 3 N–H and O–H groups in total. The lowest BCUT2D eigenvalue weighted by Crippen LogP contribution is -2.31. The van der Waals surface area contributed by atoms with Gasteiger partial charge < -0.3 is 14.6 Å². The Kier molecular flexibility index (Phi) is 8.52. The summed E-state index contributed by atoms with van der Waals surface area (Å²) in [7, 11) is -3.59. The molecule has 11 heteroatoms. The minimum atomic E-state index is -3.59. The van der Waals surface area contributed by atoms with Crippen molar-refractivity contribution >= 4 is 21.8 Å². The normalized spacial score (nSPS) is 19.9. The van der Waals surface area contributed by atoms with Crippen molar-refractivity contribution in [3.8, 4) is 0 Å². The van der Waals surface area contributed by atoms with Crippen LogP contribution < -0.4 is 4.72 Å². The fourth-order valence-electron chi connectivity index (χ4n) is 4.11.